The number of rotatable bonds is 7. The monoisotopic (exact) mass is 274 g/mol. The van der Waals surface area contributed by atoms with Crippen molar-refractivity contribution in [3.63, 3.8) is 0 Å². The van der Waals surface area contributed by atoms with Crippen molar-refractivity contribution in [1.29, 1.82) is 0 Å². The summed E-state index contributed by atoms with van der Waals surface area (Å²) in [5.74, 6) is 0.616. The number of benzene rings is 1. The molecule has 1 aromatic heterocycles. The molecule has 1 unspecified atom stereocenters. The van der Waals surface area contributed by atoms with Crippen LogP contribution in [0.4, 0.5) is 6.01 Å². The quantitative estimate of drug-likeness (QED) is 0.812. The van der Waals surface area contributed by atoms with E-state index in [0.717, 1.165) is 13.0 Å². The zero-order valence-electron chi connectivity index (χ0n) is 12.3. The Kier molecular flexibility index (Phi) is 5.12. The summed E-state index contributed by atoms with van der Waals surface area (Å²) in [6.07, 6.45) is 1.08. The first-order valence-electron chi connectivity index (χ1n) is 7.05. The molecule has 0 aliphatic carbocycles. The van der Waals surface area contributed by atoms with Crippen LogP contribution in [0.25, 0.3) is 0 Å². The highest BCUT2D eigenvalue weighted by atomic mass is 16.4. The van der Waals surface area contributed by atoms with Crippen LogP contribution in [0, 0.1) is 6.92 Å². The van der Waals surface area contributed by atoms with Gasteiger partial charge >= 0.3 is 6.01 Å². The van der Waals surface area contributed by atoms with Gasteiger partial charge in [0.05, 0.1) is 6.04 Å². The van der Waals surface area contributed by atoms with Crippen molar-refractivity contribution in [3.8, 4) is 0 Å². The zero-order chi connectivity index (χ0) is 14.4. The van der Waals surface area contributed by atoms with E-state index in [1.54, 1.807) is 0 Å². The van der Waals surface area contributed by atoms with Gasteiger partial charge < -0.3 is 15.1 Å². The van der Waals surface area contributed by atoms with Crippen LogP contribution in [0.3, 0.4) is 0 Å². The Labute approximate surface area is 119 Å². The number of aryl methyl sites for hydroxylation is 1. The molecular formula is C15H22N4O. The lowest BCUT2D eigenvalue weighted by Crippen LogP contribution is -2.19. The number of anilines is 1. The average Bonchev–Trinajstić information content (AvgIpc) is 2.93. The molecule has 1 heterocycles. The Bertz CT molecular complexity index is 521. The van der Waals surface area contributed by atoms with Gasteiger partial charge in [-0.25, -0.2) is 0 Å². The van der Waals surface area contributed by atoms with E-state index in [9.17, 15) is 0 Å². The molecule has 0 aliphatic rings. The molecule has 108 valence electrons. The fourth-order valence-electron chi connectivity index (χ4n) is 1.81. The normalized spacial score (nSPS) is 12.3. The van der Waals surface area contributed by atoms with Crippen molar-refractivity contribution in [1.82, 2.24) is 15.5 Å². The largest absolute Gasteiger partial charge is 0.406 e. The first-order valence-corrected chi connectivity index (χ1v) is 7.05. The second-order valence-corrected chi connectivity index (χ2v) is 4.96. The van der Waals surface area contributed by atoms with E-state index < -0.39 is 0 Å². The van der Waals surface area contributed by atoms with Crippen molar-refractivity contribution in [2.45, 2.75) is 39.8 Å². The second-order valence-electron chi connectivity index (χ2n) is 4.96. The van der Waals surface area contributed by atoms with E-state index in [-0.39, 0.29) is 6.04 Å². The van der Waals surface area contributed by atoms with Crippen LogP contribution in [-0.2, 0) is 6.54 Å². The molecule has 0 amide bonds. The maximum Gasteiger partial charge on any atom is 0.315 e. The second kappa shape index (κ2) is 7.05. The van der Waals surface area contributed by atoms with E-state index in [1.165, 1.54) is 11.1 Å². The van der Waals surface area contributed by atoms with E-state index in [0.29, 0.717) is 18.5 Å². The highest BCUT2D eigenvalue weighted by molar-refractivity contribution is 5.26. The molecule has 20 heavy (non-hydrogen) atoms. The van der Waals surface area contributed by atoms with Crippen LogP contribution in [0.1, 0.15) is 43.3 Å². The van der Waals surface area contributed by atoms with E-state index in [1.807, 2.05) is 6.92 Å². The van der Waals surface area contributed by atoms with Gasteiger partial charge in [0.2, 0.25) is 5.89 Å². The summed E-state index contributed by atoms with van der Waals surface area (Å²) in [6.45, 7) is 7.84. The molecule has 0 spiro atoms. The van der Waals surface area contributed by atoms with Gasteiger partial charge in [-0.1, -0.05) is 41.9 Å². The molecule has 5 nitrogen and oxygen atoms in total. The first kappa shape index (κ1) is 14.5. The van der Waals surface area contributed by atoms with Crippen molar-refractivity contribution in [3.05, 3.63) is 41.3 Å². The molecule has 2 rings (SSSR count). The smallest absolute Gasteiger partial charge is 0.315 e. The zero-order valence-corrected chi connectivity index (χ0v) is 12.3. The van der Waals surface area contributed by atoms with Crippen molar-refractivity contribution < 1.29 is 4.42 Å². The van der Waals surface area contributed by atoms with Crippen LogP contribution >= 0.6 is 0 Å². The van der Waals surface area contributed by atoms with Crippen LogP contribution in [0.15, 0.2) is 28.7 Å². The third kappa shape index (κ3) is 4.06. The lowest BCUT2D eigenvalue weighted by molar-refractivity contribution is 0.423. The Hall–Kier alpha value is -1.88. The highest BCUT2D eigenvalue weighted by Crippen LogP contribution is 2.14. The topological polar surface area (TPSA) is 63.0 Å². The fraction of sp³-hybridized carbons (Fsp3) is 0.467. The summed E-state index contributed by atoms with van der Waals surface area (Å²) < 4.78 is 5.59. The van der Waals surface area contributed by atoms with Crippen LogP contribution < -0.4 is 10.6 Å². The van der Waals surface area contributed by atoms with Gasteiger partial charge in [0, 0.05) is 6.54 Å². The molecule has 0 bridgehead atoms. The number of aromatic nitrogens is 2. The standard InChI is InChI=1S/C15H22N4O/c1-4-9-16-12(3)14-18-19-15(20-14)17-10-13-7-5-11(2)6-8-13/h5-8,12,16H,4,9-10H2,1-3H3,(H,17,19). The van der Waals surface area contributed by atoms with E-state index in [4.69, 9.17) is 4.42 Å². The number of nitrogens with zero attached hydrogens (tertiary/aromatic N) is 2. The minimum absolute atomic E-state index is 0.0809. The maximum absolute atomic E-state index is 5.59. The number of hydrogen-bond acceptors (Lipinski definition) is 5. The van der Waals surface area contributed by atoms with Crippen molar-refractivity contribution in [2.75, 3.05) is 11.9 Å². The Balaban J connectivity index is 1.87. The molecule has 2 N–H and O–H groups in total. The SMILES string of the molecule is CCCNC(C)c1nnc(NCc2ccc(C)cc2)o1. The van der Waals surface area contributed by atoms with Crippen molar-refractivity contribution >= 4 is 6.01 Å². The lowest BCUT2D eigenvalue weighted by Gasteiger charge is -2.07. The van der Waals surface area contributed by atoms with E-state index >= 15 is 0 Å². The molecule has 5 heteroatoms. The average molecular weight is 274 g/mol. The third-order valence-electron chi connectivity index (χ3n) is 3.08. The molecule has 2 aromatic rings. The van der Waals surface area contributed by atoms with Crippen LogP contribution in [-0.4, -0.2) is 16.7 Å². The van der Waals surface area contributed by atoms with Crippen LogP contribution in [0.5, 0.6) is 0 Å². The molecule has 0 radical (unpaired) electrons. The maximum atomic E-state index is 5.59. The summed E-state index contributed by atoms with van der Waals surface area (Å²) in [5.41, 5.74) is 2.44. The van der Waals surface area contributed by atoms with Crippen LogP contribution in [0.2, 0.25) is 0 Å². The van der Waals surface area contributed by atoms with Gasteiger partial charge in [0.25, 0.3) is 0 Å². The number of nitrogens with one attached hydrogen (secondary N) is 2. The van der Waals surface area contributed by atoms with E-state index in [2.05, 4.69) is 58.9 Å². The molecule has 0 aliphatic heterocycles. The molecule has 0 saturated carbocycles. The van der Waals surface area contributed by atoms with Gasteiger partial charge in [-0.3, -0.25) is 0 Å². The first-order chi connectivity index (χ1) is 9.69. The summed E-state index contributed by atoms with van der Waals surface area (Å²) in [6, 6.07) is 8.90. The summed E-state index contributed by atoms with van der Waals surface area (Å²) in [7, 11) is 0. The molecule has 1 aromatic carbocycles. The highest BCUT2D eigenvalue weighted by Gasteiger charge is 2.12. The molecule has 0 saturated heterocycles. The Morgan fingerprint density at radius 2 is 1.95 bits per heavy atom. The minimum Gasteiger partial charge on any atom is -0.406 e. The minimum atomic E-state index is 0.0809. The summed E-state index contributed by atoms with van der Waals surface area (Å²) >= 11 is 0. The Morgan fingerprint density at radius 1 is 1.20 bits per heavy atom. The van der Waals surface area contributed by atoms with Gasteiger partial charge in [0.15, 0.2) is 0 Å². The molecular weight excluding hydrogens is 252 g/mol. The predicted octanol–water partition coefficient (Wildman–Crippen LogP) is 3.05. The molecule has 1 atom stereocenters. The third-order valence-corrected chi connectivity index (χ3v) is 3.08. The van der Waals surface area contributed by atoms with Gasteiger partial charge in [-0.15, -0.1) is 5.10 Å². The summed E-state index contributed by atoms with van der Waals surface area (Å²) in [5, 5.41) is 14.5. The van der Waals surface area contributed by atoms with Gasteiger partial charge in [-0.05, 0) is 32.4 Å². The van der Waals surface area contributed by atoms with Crippen molar-refractivity contribution in [2.24, 2.45) is 0 Å². The molecule has 0 fully saturated rings. The summed E-state index contributed by atoms with van der Waals surface area (Å²) in [4.78, 5) is 0. The number of hydrogen-bond donors (Lipinski definition) is 2. The predicted molar refractivity (Wildman–Crippen MR) is 79.5 cm³/mol. The fourth-order valence-corrected chi connectivity index (χ4v) is 1.81. The van der Waals surface area contributed by atoms with Gasteiger partial charge in [-0.2, -0.15) is 0 Å². The van der Waals surface area contributed by atoms with Gasteiger partial charge in [0.1, 0.15) is 0 Å². The Morgan fingerprint density at radius 3 is 2.65 bits per heavy atom. The lowest BCUT2D eigenvalue weighted by atomic mass is 10.1.